The molecule has 2 aromatic heterocycles. The van der Waals surface area contributed by atoms with Gasteiger partial charge in [-0.25, -0.2) is 18.7 Å². The molecule has 96 valence electrons. The first-order valence-electron chi connectivity index (χ1n) is 5.60. The first-order valence-corrected chi connectivity index (χ1v) is 6.48. The van der Waals surface area contributed by atoms with Crippen molar-refractivity contribution in [3.8, 4) is 0 Å². The lowest BCUT2D eigenvalue weighted by Gasteiger charge is -2.07. The Morgan fingerprint density at radius 1 is 1.16 bits per heavy atom. The lowest BCUT2D eigenvalue weighted by atomic mass is 10.2. The summed E-state index contributed by atoms with van der Waals surface area (Å²) in [5, 5.41) is 5.86. The molecule has 1 aromatic carbocycles. The number of aromatic nitrogens is 2. The van der Waals surface area contributed by atoms with E-state index in [-0.39, 0.29) is 6.54 Å². The molecule has 0 atom stereocenters. The largest absolute Gasteiger partial charge is 0.365 e. The molecule has 0 aliphatic carbocycles. The zero-order valence-electron chi connectivity index (χ0n) is 9.73. The molecular formula is C13H9F2N3S. The lowest BCUT2D eigenvalue weighted by Crippen LogP contribution is -2.04. The van der Waals surface area contributed by atoms with Gasteiger partial charge in [-0.2, -0.15) is 0 Å². The van der Waals surface area contributed by atoms with Crippen molar-refractivity contribution in [2.45, 2.75) is 6.54 Å². The average molecular weight is 277 g/mol. The fourth-order valence-electron chi connectivity index (χ4n) is 1.77. The third-order valence-electron chi connectivity index (χ3n) is 2.72. The van der Waals surface area contributed by atoms with E-state index in [1.54, 1.807) is 0 Å². The highest BCUT2D eigenvalue weighted by molar-refractivity contribution is 7.16. The molecule has 0 bridgehead atoms. The van der Waals surface area contributed by atoms with Gasteiger partial charge in [0.25, 0.3) is 0 Å². The summed E-state index contributed by atoms with van der Waals surface area (Å²) in [6.45, 7) is 0.244. The second-order valence-corrected chi connectivity index (χ2v) is 4.85. The average Bonchev–Trinajstić information content (AvgIpc) is 2.86. The molecule has 19 heavy (non-hydrogen) atoms. The molecule has 0 aliphatic rings. The fraction of sp³-hybridized carbons (Fsp3) is 0.0769. The summed E-state index contributed by atoms with van der Waals surface area (Å²) in [7, 11) is 0. The van der Waals surface area contributed by atoms with Gasteiger partial charge >= 0.3 is 0 Å². The minimum Gasteiger partial charge on any atom is -0.365 e. The van der Waals surface area contributed by atoms with Crippen LogP contribution in [-0.4, -0.2) is 9.97 Å². The highest BCUT2D eigenvalue weighted by Gasteiger charge is 2.07. The van der Waals surface area contributed by atoms with Crippen molar-refractivity contribution in [3.05, 3.63) is 53.2 Å². The maximum atomic E-state index is 13.5. The van der Waals surface area contributed by atoms with E-state index in [9.17, 15) is 8.78 Å². The van der Waals surface area contributed by atoms with Crippen LogP contribution in [0, 0.1) is 11.6 Å². The summed E-state index contributed by atoms with van der Waals surface area (Å²) in [6, 6.07) is 5.43. The summed E-state index contributed by atoms with van der Waals surface area (Å²) < 4.78 is 26.3. The lowest BCUT2D eigenvalue weighted by molar-refractivity contribution is 0.574. The van der Waals surface area contributed by atoms with Gasteiger partial charge in [0, 0.05) is 18.2 Å². The number of halogens is 2. The standard InChI is InChI=1S/C13H9F2N3S/c14-9-2-1-8(11(15)5-9)6-16-12-10-3-4-19-13(10)18-7-17-12/h1-5,7H,6H2,(H,16,17,18). The number of benzene rings is 1. The van der Waals surface area contributed by atoms with Gasteiger partial charge in [-0.1, -0.05) is 6.07 Å². The Morgan fingerprint density at radius 3 is 2.89 bits per heavy atom. The summed E-state index contributed by atoms with van der Waals surface area (Å²) in [5.41, 5.74) is 0.392. The summed E-state index contributed by atoms with van der Waals surface area (Å²) in [4.78, 5) is 9.13. The quantitative estimate of drug-likeness (QED) is 0.795. The van der Waals surface area contributed by atoms with Gasteiger partial charge in [0.1, 0.15) is 28.6 Å². The van der Waals surface area contributed by atoms with E-state index in [0.717, 1.165) is 16.3 Å². The van der Waals surface area contributed by atoms with Crippen LogP contribution < -0.4 is 5.32 Å². The number of fused-ring (bicyclic) bond motifs is 1. The zero-order valence-corrected chi connectivity index (χ0v) is 10.5. The van der Waals surface area contributed by atoms with Crippen LogP contribution in [0.15, 0.2) is 36.0 Å². The minimum atomic E-state index is -0.580. The number of hydrogen-bond donors (Lipinski definition) is 1. The van der Waals surface area contributed by atoms with Crippen molar-refractivity contribution < 1.29 is 8.78 Å². The van der Waals surface area contributed by atoms with Crippen LogP contribution in [-0.2, 0) is 6.54 Å². The highest BCUT2D eigenvalue weighted by atomic mass is 32.1. The molecule has 3 aromatic rings. The molecule has 0 saturated carbocycles. The van der Waals surface area contributed by atoms with E-state index in [4.69, 9.17) is 0 Å². The van der Waals surface area contributed by atoms with E-state index < -0.39 is 11.6 Å². The Hall–Kier alpha value is -2.08. The molecule has 3 rings (SSSR count). The molecule has 6 heteroatoms. The topological polar surface area (TPSA) is 37.8 Å². The summed E-state index contributed by atoms with van der Waals surface area (Å²) in [6.07, 6.45) is 1.46. The monoisotopic (exact) mass is 277 g/mol. The van der Waals surface area contributed by atoms with E-state index in [2.05, 4.69) is 15.3 Å². The molecule has 0 fully saturated rings. The van der Waals surface area contributed by atoms with Gasteiger partial charge in [-0.05, 0) is 17.5 Å². The Labute approximate surface area is 111 Å². The van der Waals surface area contributed by atoms with Gasteiger partial charge in [-0.3, -0.25) is 0 Å². The molecule has 1 N–H and O–H groups in total. The second kappa shape index (κ2) is 4.89. The van der Waals surface area contributed by atoms with Crippen LogP contribution in [0.1, 0.15) is 5.56 Å². The van der Waals surface area contributed by atoms with Crippen molar-refractivity contribution >= 4 is 27.4 Å². The highest BCUT2D eigenvalue weighted by Crippen LogP contribution is 2.24. The maximum Gasteiger partial charge on any atom is 0.138 e. The van der Waals surface area contributed by atoms with Gasteiger partial charge in [-0.15, -0.1) is 11.3 Å². The first kappa shape index (κ1) is 12.0. The maximum absolute atomic E-state index is 13.5. The van der Waals surface area contributed by atoms with Crippen molar-refractivity contribution in [1.29, 1.82) is 0 Å². The van der Waals surface area contributed by atoms with Gasteiger partial charge in [0.05, 0.1) is 5.39 Å². The predicted octanol–water partition coefficient (Wildman–Crippen LogP) is 3.58. The molecule has 0 radical (unpaired) electrons. The number of anilines is 1. The first-order chi connectivity index (χ1) is 9.24. The number of rotatable bonds is 3. The fourth-order valence-corrected chi connectivity index (χ4v) is 2.51. The van der Waals surface area contributed by atoms with Crippen LogP contribution in [0.3, 0.4) is 0 Å². The summed E-state index contributed by atoms with van der Waals surface area (Å²) in [5.74, 6) is -0.499. The van der Waals surface area contributed by atoms with Crippen LogP contribution >= 0.6 is 11.3 Å². The Morgan fingerprint density at radius 2 is 2.05 bits per heavy atom. The molecule has 0 spiro atoms. The predicted molar refractivity (Wildman–Crippen MR) is 71.1 cm³/mol. The van der Waals surface area contributed by atoms with E-state index >= 15 is 0 Å². The smallest absolute Gasteiger partial charge is 0.138 e. The van der Waals surface area contributed by atoms with Gasteiger partial charge in [0.2, 0.25) is 0 Å². The third kappa shape index (κ3) is 2.39. The van der Waals surface area contributed by atoms with Crippen LogP contribution in [0.5, 0.6) is 0 Å². The minimum absolute atomic E-state index is 0.244. The van der Waals surface area contributed by atoms with Gasteiger partial charge in [0.15, 0.2) is 0 Å². The van der Waals surface area contributed by atoms with Crippen LogP contribution in [0.4, 0.5) is 14.6 Å². The van der Waals surface area contributed by atoms with Crippen LogP contribution in [0.25, 0.3) is 10.2 Å². The molecule has 3 nitrogen and oxygen atoms in total. The molecule has 0 unspecified atom stereocenters. The molecule has 0 saturated heterocycles. The number of nitrogens with zero attached hydrogens (tertiary/aromatic N) is 2. The second-order valence-electron chi connectivity index (χ2n) is 3.95. The Balaban J connectivity index is 1.84. The van der Waals surface area contributed by atoms with Crippen molar-refractivity contribution in [2.75, 3.05) is 5.32 Å². The van der Waals surface area contributed by atoms with Crippen molar-refractivity contribution in [2.24, 2.45) is 0 Å². The van der Waals surface area contributed by atoms with Gasteiger partial charge < -0.3 is 5.32 Å². The van der Waals surface area contributed by atoms with Crippen LogP contribution in [0.2, 0.25) is 0 Å². The molecular weight excluding hydrogens is 268 g/mol. The molecule has 2 heterocycles. The number of thiophene rings is 1. The van der Waals surface area contributed by atoms with Crippen molar-refractivity contribution in [3.63, 3.8) is 0 Å². The Bertz CT molecular complexity index is 727. The zero-order chi connectivity index (χ0) is 13.2. The normalized spacial score (nSPS) is 10.8. The van der Waals surface area contributed by atoms with E-state index in [0.29, 0.717) is 11.4 Å². The molecule has 0 aliphatic heterocycles. The van der Waals surface area contributed by atoms with E-state index in [1.807, 2.05) is 11.4 Å². The molecule has 0 amide bonds. The third-order valence-corrected chi connectivity index (χ3v) is 3.54. The Kier molecular flexibility index (Phi) is 3.08. The van der Waals surface area contributed by atoms with Crippen molar-refractivity contribution in [1.82, 2.24) is 9.97 Å². The summed E-state index contributed by atoms with van der Waals surface area (Å²) >= 11 is 1.51. The number of hydrogen-bond acceptors (Lipinski definition) is 4. The SMILES string of the molecule is Fc1ccc(CNc2ncnc3sccc23)c(F)c1. The number of nitrogens with one attached hydrogen (secondary N) is 1. The van der Waals surface area contributed by atoms with E-state index in [1.165, 1.54) is 29.8 Å².